The molecule has 3 rings (SSSR count). The molecule has 0 aliphatic carbocycles. The van der Waals surface area contributed by atoms with Crippen LogP contribution in [-0.2, 0) is 21.6 Å². The van der Waals surface area contributed by atoms with Crippen LogP contribution >= 0.6 is 0 Å². The van der Waals surface area contributed by atoms with Crippen molar-refractivity contribution in [2.24, 2.45) is 11.1 Å². The number of aliphatic hydroxyl groups is 1. The fourth-order valence-corrected chi connectivity index (χ4v) is 3.60. The van der Waals surface area contributed by atoms with Crippen LogP contribution in [0, 0.1) is 17.0 Å². The second kappa shape index (κ2) is 8.02. The topological polar surface area (TPSA) is 64.7 Å². The fourth-order valence-electron chi connectivity index (χ4n) is 3.60. The van der Waals surface area contributed by atoms with Gasteiger partial charge in [-0.25, -0.2) is 8.78 Å². The molecule has 0 unspecified atom stereocenters. The number of benzene rings is 2. The Hall–Kier alpha value is -1.86. The van der Waals surface area contributed by atoms with Gasteiger partial charge in [0.15, 0.2) is 0 Å². The van der Waals surface area contributed by atoms with E-state index in [1.165, 1.54) is 0 Å². The summed E-state index contributed by atoms with van der Waals surface area (Å²) >= 11 is 0. The molecule has 146 valence electrons. The number of ether oxygens (including phenoxy) is 2. The summed E-state index contributed by atoms with van der Waals surface area (Å²) in [5.41, 5.74) is 5.32. The molecular formula is C21H25F2NO3. The van der Waals surface area contributed by atoms with Crippen molar-refractivity contribution in [3.05, 3.63) is 71.3 Å². The molecule has 1 heterocycles. The van der Waals surface area contributed by atoms with Gasteiger partial charge in [-0.3, -0.25) is 0 Å². The standard InChI is InChI=1S/C21H25F2NO3/c1-20(13-25)10-17(12-26-11-15-5-3-2-4-6-15)27-14-21(20,24)18-9-16(22)7-8-19(18)23/h2-9,17,25H,10-14,24H2,1H3/t17-,20+,21-/m1/s1. The van der Waals surface area contributed by atoms with E-state index in [9.17, 15) is 13.9 Å². The Balaban J connectivity index is 1.71. The highest BCUT2D eigenvalue weighted by Crippen LogP contribution is 2.46. The maximum atomic E-state index is 14.4. The first-order valence-corrected chi connectivity index (χ1v) is 8.96. The molecule has 0 amide bonds. The van der Waals surface area contributed by atoms with Crippen molar-refractivity contribution in [1.29, 1.82) is 0 Å². The minimum absolute atomic E-state index is 0.0164. The zero-order chi connectivity index (χ0) is 19.5. The molecular weight excluding hydrogens is 352 g/mol. The SMILES string of the molecule is C[C@@]1(CO)C[C@H](COCc2ccccc2)OC[C@@]1(N)c1cc(F)ccc1F. The summed E-state index contributed by atoms with van der Waals surface area (Å²) in [5, 5.41) is 10.0. The Morgan fingerprint density at radius 1 is 1.22 bits per heavy atom. The van der Waals surface area contributed by atoms with Gasteiger partial charge >= 0.3 is 0 Å². The van der Waals surface area contributed by atoms with Crippen molar-refractivity contribution in [3.63, 3.8) is 0 Å². The quantitative estimate of drug-likeness (QED) is 0.812. The molecule has 1 aliphatic heterocycles. The van der Waals surface area contributed by atoms with Crippen LogP contribution in [0.15, 0.2) is 48.5 Å². The Bertz CT molecular complexity index is 773. The van der Waals surface area contributed by atoms with E-state index in [2.05, 4.69) is 0 Å². The average Bonchev–Trinajstić information content (AvgIpc) is 2.67. The third kappa shape index (κ3) is 4.04. The number of hydrogen-bond acceptors (Lipinski definition) is 4. The zero-order valence-electron chi connectivity index (χ0n) is 15.3. The van der Waals surface area contributed by atoms with E-state index in [-0.39, 0.29) is 24.9 Å². The van der Waals surface area contributed by atoms with Gasteiger partial charge in [-0.15, -0.1) is 0 Å². The normalized spacial score (nSPS) is 28.3. The molecule has 4 nitrogen and oxygen atoms in total. The van der Waals surface area contributed by atoms with Crippen LogP contribution in [0.3, 0.4) is 0 Å². The Morgan fingerprint density at radius 2 is 1.96 bits per heavy atom. The van der Waals surface area contributed by atoms with Gasteiger partial charge in [0.25, 0.3) is 0 Å². The van der Waals surface area contributed by atoms with Gasteiger partial charge < -0.3 is 20.3 Å². The van der Waals surface area contributed by atoms with E-state index >= 15 is 0 Å². The first-order valence-electron chi connectivity index (χ1n) is 8.96. The molecule has 2 aromatic carbocycles. The first-order chi connectivity index (χ1) is 12.9. The summed E-state index contributed by atoms with van der Waals surface area (Å²) in [4.78, 5) is 0. The van der Waals surface area contributed by atoms with Crippen LogP contribution < -0.4 is 5.73 Å². The lowest BCUT2D eigenvalue weighted by Crippen LogP contribution is -2.62. The summed E-state index contributed by atoms with van der Waals surface area (Å²) < 4.78 is 39.6. The minimum atomic E-state index is -1.34. The second-order valence-electron chi connectivity index (χ2n) is 7.45. The molecule has 0 saturated carbocycles. The average molecular weight is 377 g/mol. The summed E-state index contributed by atoms with van der Waals surface area (Å²) in [6, 6.07) is 12.9. The fraction of sp³-hybridized carbons (Fsp3) is 0.429. The Labute approximate surface area is 157 Å². The third-order valence-corrected chi connectivity index (χ3v) is 5.48. The van der Waals surface area contributed by atoms with Gasteiger partial charge in [-0.2, -0.15) is 0 Å². The molecule has 1 fully saturated rings. The monoisotopic (exact) mass is 377 g/mol. The van der Waals surface area contributed by atoms with E-state index in [1.807, 2.05) is 30.3 Å². The van der Waals surface area contributed by atoms with Crippen molar-refractivity contribution in [2.45, 2.75) is 31.6 Å². The van der Waals surface area contributed by atoms with Gasteiger partial charge in [0.2, 0.25) is 0 Å². The summed E-state index contributed by atoms with van der Waals surface area (Å²) in [6.07, 6.45) is 0.0734. The molecule has 3 N–H and O–H groups in total. The number of hydrogen-bond donors (Lipinski definition) is 2. The van der Waals surface area contributed by atoms with Gasteiger partial charge in [0, 0.05) is 11.0 Å². The molecule has 0 bridgehead atoms. The molecule has 27 heavy (non-hydrogen) atoms. The highest BCUT2D eigenvalue weighted by molar-refractivity contribution is 5.31. The lowest BCUT2D eigenvalue weighted by atomic mass is 9.64. The van der Waals surface area contributed by atoms with Crippen molar-refractivity contribution >= 4 is 0 Å². The predicted octanol–water partition coefficient (Wildman–Crippen LogP) is 3.12. The van der Waals surface area contributed by atoms with Crippen LogP contribution in [0.25, 0.3) is 0 Å². The second-order valence-corrected chi connectivity index (χ2v) is 7.45. The molecule has 0 aromatic heterocycles. The van der Waals surface area contributed by atoms with Gasteiger partial charge in [-0.1, -0.05) is 37.3 Å². The van der Waals surface area contributed by atoms with E-state index < -0.39 is 22.6 Å². The third-order valence-electron chi connectivity index (χ3n) is 5.48. The van der Waals surface area contributed by atoms with Crippen molar-refractivity contribution < 1.29 is 23.4 Å². The zero-order valence-corrected chi connectivity index (χ0v) is 15.3. The maximum absolute atomic E-state index is 14.4. The first kappa shape index (κ1) is 19.9. The van der Waals surface area contributed by atoms with Gasteiger partial charge in [-0.05, 0) is 30.2 Å². The van der Waals surface area contributed by atoms with Crippen LogP contribution in [-0.4, -0.2) is 31.0 Å². The molecule has 1 aliphatic rings. The van der Waals surface area contributed by atoms with E-state index in [0.717, 1.165) is 23.8 Å². The summed E-state index contributed by atoms with van der Waals surface area (Å²) in [5.74, 6) is -1.19. The molecule has 6 heteroatoms. The Kier molecular flexibility index (Phi) is 5.91. The number of halogens is 2. The summed E-state index contributed by atoms with van der Waals surface area (Å²) in [7, 11) is 0. The lowest BCUT2D eigenvalue weighted by molar-refractivity contribution is -0.142. The largest absolute Gasteiger partial charge is 0.396 e. The summed E-state index contributed by atoms with van der Waals surface area (Å²) in [6.45, 7) is 2.22. The number of aliphatic hydroxyl groups excluding tert-OH is 1. The van der Waals surface area contributed by atoms with E-state index in [0.29, 0.717) is 19.6 Å². The maximum Gasteiger partial charge on any atom is 0.128 e. The smallest absolute Gasteiger partial charge is 0.128 e. The highest BCUT2D eigenvalue weighted by Gasteiger charge is 2.52. The van der Waals surface area contributed by atoms with Gasteiger partial charge in [0.05, 0.1) is 38.1 Å². The molecule has 3 atom stereocenters. The lowest BCUT2D eigenvalue weighted by Gasteiger charge is -2.51. The molecule has 0 spiro atoms. The Morgan fingerprint density at radius 3 is 2.67 bits per heavy atom. The molecule has 2 aromatic rings. The van der Waals surface area contributed by atoms with Crippen molar-refractivity contribution in [2.75, 3.05) is 19.8 Å². The van der Waals surface area contributed by atoms with Crippen LogP contribution in [0.4, 0.5) is 8.78 Å². The minimum Gasteiger partial charge on any atom is -0.396 e. The van der Waals surface area contributed by atoms with E-state index in [4.69, 9.17) is 15.2 Å². The highest BCUT2D eigenvalue weighted by atomic mass is 19.1. The van der Waals surface area contributed by atoms with Crippen LogP contribution in [0.2, 0.25) is 0 Å². The molecule has 0 radical (unpaired) electrons. The van der Waals surface area contributed by atoms with Crippen LogP contribution in [0.1, 0.15) is 24.5 Å². The van der Waals surface area contributed by atoms with Crippen molar-refractivity contribution in [3.8, 4) is 0 Å². The number of nitrogens with two attached hydrogens (primary N) is 1. The van der Waals surface area contributed by atoms with Crippen LogP contribution in [0.5, 0.6) is 0 Å². The molecule has 1 saturated heterocycles. The van der Waals surface area contributed by atoms with Gasteiger partial charge in [0.1, 0.15) is 11.6 Å². The predicted molar refractivity (Wildman–Crippen MR) is 97.9 cm³/mol. The van der Waals surface area contributed by atoms with Crippen molar-refractivity contribution in [1.82, 2.24) is 0 Å². The van der Waals surface area contributed by atoms with E-state index in [1.54, 1.807) is 6.92 Å². The number of rotatable bonds is 6.